The van der Waals surface area contributed by atoms with Crippen molar-refractivity contribution in [3.05, 3.63) is 29.6 Å². The molecule has 0 fully saturated rings. The second kappa shape index (κ2) is 3.29. The maximum atomic E-state index is 13.0. The molecule has 1 unspecified atom stereocenters. The van der Waals surface area contributed by atoms with Crippen molar-refractivity contribution < 1.29 is 9.50 Å². The van der Waals surface area contributed by atoms with Gasteiger partial charge < -0.3 is 10.5 Å². The fraction of sp³-hybridized carbons (Fsp3) is 0.300. The van der Waals surface area contributed by atoms with Crippen LogP contribution in [0.5, 0.6) is 5.75 Å². The lowest BCUT2D eigenvalue weighted by atomic mass is 9.98. The largest absolute Gasteiger partial charge is 0.504 e. The summed E-state index contributed by atoms with van der Waals surface area (Å²) in [5, 5.41) is 13.5. The normalized spacial score (nSPS) is 20.4. The van der Waals surface area contributed by atoms with Gasteiger partial charge in [-0.15, -0.1) is 0 Å². The van der Waals surface area contributed by atoms with E-state index in [0.29, 0.717) is 11.3 Å². The van der Waals surface area contributed by atoms with E-state index in [1.165, 1.54) is 6.07 Å². The van der Waals surface area contributed by atoms with Gasteiger partial charge in [0.15, 0.2) is 11.6 Å². The molecule has 3 nitrogen and oxygen atoms in total. The van der Waals surface area contributed by atoms with Gasteiger partial charge in [0.05, 0.1) is 5.71 Å². The lowest BCUT2D eigenvalue weighted by Crippen LogP contribution is -2.12. The van der Waals surface area contributed by atoms with Gasteiger partial charge in [-0.05, 0) is 12.1 Å². The summed E-state index contributed by atoms with van der Waals surface area (Å²) >= 11 is 0. The molecule has 0 saturated carbocycles. The minimum Gasteiger partial charge on any atom is -0.504 e. The molecule has 1 aromatic carbocycles. The van der Waals surface area contributed by atoms with E-state index >= 15 is 0 Å². The molecule has 0 bridgehead atoms. The predicted molar refractivity (Wildman–Crippen MR) is 51.8 cm³/mol. The minimum atomic E-state index is -0.607. The Morgan fingerprint density at radius 2 is 2.36 bits per heavy atom. The lowest BCUT2D eigenvalue weighted by molar-refractivity contribution is 0.431. The van der Waals surface area contributed by atoms with Crippen molar-refractivity contribution in [1.82, 2.24) is 5.43 Å². The minimum absolute atomic E-state index is 0.197. The Bertz CT molecular complexity index is 390. The summed E-state index contributed by atoms with van der Waals surface area (Å²) < 4.78 is 13.0. The predicted octanol–water partition coefficient (Wildman–Crippen LogP) is 1.47. The standard InChI is InChI=1S/C10H11FN2O/c1-6-5-12-13-9(6)7-3-2-4-8(11)10(7)14/h2-4,6,12,14H,5H2,1H3. The van der Waals surface area contributed by atoms with Crippen LogP contribution in [0, 0.1) is 11.7 Å². The van der Waals surface area contributed by atoms with Crippen LogP contribution in [0.25, 0.3) is 0 Å². The molecule has 1 aliphatic heterocycles. The summed E-state index contributed by atoms with van der Waals surface area (Å²) in [5.41, 5.74) is 4.01. The van der Waals surface area contributed by atoms with Crippen LogP contribution in [0.4, 0.5) is 4.39 Å². The summed E-state index contributed by atoms with van der Waals surface area (Å²) in [7, 11) is 0. The molecule has 1 heterocycles. The molecule has 2 N–H and O–H groups in total. The highest BCUT2D eigenvalue weighted by Crippen LogP contribution is 2.25. The fourth-order valence-corrected chi connectivity index (χ4v) is 1.52. The zero-order valence-electron chi connectivity index (χ0n) is 7.79. The van der Waals surface area contributed by atoms with Gasteiger partial charge in [0.2, 0.25) is 0 Å². The number of nitrogens with one attached hydrogen (secondary N) is 1. The van der Waals surface area contributed by atoms with Gasteiger partial charge in [0, 0.05) is 18.0 Å². The SMILES string of the molecule is CC1CNN=C1c1cccc(F)c1O. The number of hydrogen-bond donors (Lipinski definition) is 2. The molecule has 0 saturated heterocycles. The van der Waals surface area contributed by atoms with Crippen LogP contribution in [0.2, 0.25) is 0 Å². The topological polar surface area (TPSA) is 44.6 Å². The zero-order chi connectivity index (χ0) is 10.1. The third-order valence-electron chi connectivity index (χ3n) is 2.33. The van der Waals surface area contributed by atoms with Crippen LogP contribution in [-0.2, 0) is 0 Å². The van der Waals surface area contributed by atoms with Crippen LogP contribution < -0.4 is 5.43 Å². The number of hydrazone groups is 1. The number of phenolic OH excluding ortho intramolecular Hbond substituents is 1. The first kappa shape index (κ1) is 8.99. The number of benzene rings is 1. The number of halogens is 1. The Labute approximate surface area is 81.3 Å². The second-order valence-electron chi connectivity index (χ2n) is 3.40. The van der Waals surface area contributed by atoms with Crippen LogP contribution >= 0.6 is 0 Å². The van der Waals surface area contributed by atoms with E-state index in [2.05, 4.69) is 10.5 Å². The van der Waals surface area contributed by atoms with Crippen molar-refractivity contribution in [3.8, 4) is 5.75 Å². The average Bonchev–Trinajstić information content (AvgIpc) is 2.57. The Kier molecular flexibility index (Phi) is 2.11. The number of nitrogens with zero attached hydrogens (tertiary/aromatic N) is 1. The molecule has 0 radical (unpaired) electrons. The van der Waals surface area contributed by atoms with Gasteiger partial charge in [0.25, 0.3) is 0 Å². The molecule has 1 aromatic rings. The van der Waals surface area contributed by atoms with E-state index in [4.69, 9.17) is 0 Å². The van der Waals surface area contributed by atoms with Crippen LogP contribution in [0.1, 0.15) is 12.5 Å². The smallest absolute Gasteiger partial charge is 0.165 e. The fourth-order valence-electron chi connectivity index (χ4n) is 1.52. The third-order valence-corrected chi connectivity index (χ3v) is 2.33. The molecular weight excluding hydrogens is 183 g/mol. The van der Waals surface area contributed by atoms with Gasteiger partial charge >= 0.3 is 0 Å². The second-order valence-corrected chi connectivity index (χ2v) is 3.40. The molecule has 4 heteroatoms. The lowest BCUT2D eigenvalue weighted by Gasteiger charge is -2.07. The van der Waals surface area contributed by atoms with E-state index in [1.807, 2.05) is 6.92 Å². The summed E-state index contributed by atoms with van der Waals surface area (Å²) in [4.78, 5) is 0. The molecule has 0 spiro atoms. The zero-order valence-corrected chi connectivity index (χ0v) is 7.79. The summed E-state index contributed by atoms with van der Waals surface area (Å²) in [6.45, 7) is 2.70. The highest BCUT2D eigenvalue weighted by Gasteiger charge is 2.21. The van der Waals surface area contributed by atoms with Crippen molar-refractivity contribution in [1.29, 1.82) is 0 Å². The molecule has 1 atom stereocenters. The summed E-state index contributed by atoms with van der Waals surface area (Å²) in [6, 6.07) is 4.46. The van der Waals surface area contributed by atoms with Crippen molar-refractivity contribution in [2.45, 2.75) is 6.92 Å². The number of rotatable bonds is 1. The maximum Gasteiger partial charge on any atom is 0.165 e. The first-order chi connectivity index (χ1) is 6.70. The monoisotopic (exact) mass is 194 g/mol. The summed E-state index contributed by atoms with van der Waals surface area (Å²) in [6.07, 6.45) is 0. The third kappa shape index (κ3) is 1.32. The van der Waals surface area contributed by atoms with E-state index in [1.54, 1.807) is 12.1 Å². The van der Waals surface area contributed by atoms with Crippen molar-refractivity contribution in [2.75, 3.05) is 6.54 Å². The van der Waals surface area contributed by atoms with Crippen LogP contribution in [0.15, 0.2) is 23.3 Å². The molecule has 2 rings (SSSR count). The van der Waals surface area contributed by atoms with Crippen molar-refractivity contribution in [3.63, 3.8) is 0 Å². The van der Waals surface area contributed by atoms with Gasteiger partial charge in [-0.3, -0.25) is 0 Å². The first-order valence-electron chi connectivity index (χ1n) is 4.48. The number of para-hydroxylation sites is 1. The quantitative estimate of drug-likeness (QED) is 0.711. The van der Waals surface area contributed by atoms with Gasteiger partial charge in [-0.2, -0.15) is 5.10 Å². The highest BCUT2D eigenvalue weighted by molar-refractivity contribution is 6.05. The Hall–Kier alpha value is -1.58. The van der Waals surface area contributed by atoms with E-state index in [0.717, 1.165) is 6.54 Å². The van der Waals surface area contributed by atoms with Crippen LogP contribution in [0.3, 0.4) is 0 Å². The summed E-state index contributed by atoms with van der Waals surface area (Å²) in [5.74, 6) is -0.728. The van der Waals surface area contributed by atoms with E-state index in [9.17, 15) is 9.50 Å². The highest BCUT2D eigenvalue weighted by atomic mass is 19.1. The molecule has 0 aromatic heterocycles. The molecule has 74 valence electrons. The molecule has 1 aliphatic rings. The van der Waals surface area contributed by atoms with Crippen molar-refractivity contribution >= 4 is 5.71 Å². The number of aromatic hydroxyl groups is 1. The molecule has 0 amide bonds. The van der Waals surface area contributed by atoms with Crippen LogP contribution in [-0.4, -0.2) is 17.4 Å². The Balaban J connectivity index is 2.46. The molecular formula is C10H11FN2O. The molecule has 0 aliphatic carbocycles. The average molecular weight is 194 g/mol. The van der Waals surface area contributed by atoms with Crippen molar-refractivity contribution in [2.24, 2.45) is 11.0 Å². The van der Waals surface area contributed by atoms with E-state index in [-0.39, 0.29) is 11.7 Å². The maximum absolute atomic E-state index is 13.0. The Morgan fingerprint density at radius 1 is 1.57 bits per heavy atom. The number of phenols is 1. The first-order valence-corrected chi connectivity index (χ1v) is 4.48. The van der Waals surface area contributed by atoms with Gasteiger partial charge in [-0.1, -0.05) is 13.0 Å². The van der Waals surface area contributed by atoms with Gasteiger partial charge in [0.1, 0.15) is 0 Å². The number of hydrogen-bond acceptors (Lipinski definition) is 3. The van der Waals surface area contributed by atoms with Gasteiger partial charge in [-0.25, -0.2) is 4.39 Å². The van der Waals surface area contributed by atoms with E-state index < -0.39 is 5.82 Å². The molecule has 14 heavy (non-hydrogen) atoms. The Morgan fingerprint density at radius 3 is 3.00 bits per heavy atom.